The van der Waals surface area contributed by atoms with Crippen LogP contribution in [0.3, 0.4) is 0 Å². The summed E-state index contributed by atoms with van der Waals surface area (Å²) in [4.78, 5) is 0. The Morgan fingerprint density at radius 1 is 0.700 bits per heavy atom. The maximum Gasteiger partial charge on any atom is 0.108 e. The van der Waals surface area contributed by atoms with E-state index >= 15 is 0 Å². The van der Waals surface area contributed by atoms with E-state index in [0.717, 1.165) is 0 Å². The van der Waals surface area contributed by atoms with Crippen LogP contribution < -0.4 is 0 Å². The van der Waals surface area contributed by atoms with Crippen molar-refractivity contribution < 1.29 is 20.4 Å². The molecular weight excluding hydrogens is 136 g/mol. The van der Waals surface area contributed by atoms with E-state index in [1.807, 2.05) is 0 Å². The fourth-order valence-electron chi connectivity index (χ4n) is 1.14. The second kappa shape index (κ2) is 2.84. The van der Waals surface area contributed by atoms with E-state index in [9.17, 15) is 0 Å². The van der Waals surface area contributed by atoms with Gasteiger partial charge in [0.25, 0.3) is 0 Å². The molecule has 60 valence electrons. The number of rotatable bonds is 0. The monoisotopic (exact) mass is 148 g/mol. The first-order valence-electron chi connectivity index (χ1n) is 3.35. The van der Waals surface area contributed by atoms with Gasteiger partial charge in [0.05, 0.1) is 12.2 Å². The van der Waals surface area contributed by atoms with Gasteiger partial charge in [-0.1, -0.05) is 0 Å². The van der Waals surface area contributed by atoms with Crippen molar-refractivity contribution in [3.8, 4) is 0 Å². The Bertz CT molecular complexity index is 102. The first-order chi connectivity index (χ1) is 4.63. The van der Waals surface area contributed by atoms with Gasteiger partial charge in [-0.15, -0.1) is 0 Å². The quantitative estimate of drug-likeness (QED) is 0.327. The van der Waals surface area contributed by atoms with Crippen molar-refractivity contribution >= 4 is 0 Å². The van der Waals surface area contributed by atoms with Crippen LogP contribution in [-0.4, -0.2) is 44.8 Å². The van der Waals surface area contributed by atoms with E-state index in [1.165, 1.54) is 0 Å². The van der Waals surface area contributed by atoms with Gasteiger partial charge in [-0.3, -0.25) is 0 Å². The fraction of sp³-hybridized carbons (Fsp3) is 1.00. The highest BCUT2D eigenvalue weighted by Gasteiger charge is 2.34. The Kier molecular flexibility index (Phi) is 2.25. The fourth-order valence-corrected chi connectivity index (χ4v) is 1.14. The Balaban J connectivity index is 2.52. The molecule has 1 aliphatic carbocycles. The summed E-state index contributed by atoms with van der Waals surface area (Å²) < 4.78 is 0. The molecule has 4 N–H and O–H groups in total. The lowest BCUT2D eigenvalue weighted by atomic mass is 9.90. The molecule has 0 saturated heterocycles. The average Bonchev–Trinajstić information content (AvgIpc) is 1.93. The summed E-state index contributed by atoms with van der Waals surface area (Å²) in [6.45, 7) is 0. The number of aliphatic hydroxyl groups is 4. The molecule has 0 unspecified atom stereocenters. The van der Waals surface area contributed by atoms with Crippen LogP contribution in [0.15, 0.2) is 0 Å². The van der Waals surface area contributed by atoms with E-state index < -0.39 is 24.4 Å². The average molecular weight is 148 g/mol. The molecule has 0 aromatic carbocycles. The maximum atomic E-state index is 8.96. The molecule has 0 aliphatic heterocycles. The zero-order chi connectivity index (χ0) is 7.72. The van der Waals surface area contributed by atoms with Gasteiger partial charge in [-0.25, -0.2) is 0 Å². The number of aliphatic hydroxyl groups excluding tert-OH is 4. The molecule has 4 nitrogen and oxygen atoms in total. The van der Waals surface area contributed by atoms with E-state index in [0.29, 0.717) is 12.8 Å². The van der Waals surface area contributed by atoms with Crippen LogP contribution in [0.1, 0.15) is 12.8 Å². The van der Waals surface area contributed by atoms with Crippen LogP contribution in [0.4, 0.5) is 0 Å². The van der Waals surface area contributed by atoms with Crippen molar-refractivity contribution in [2.75, 3.05) is 0 Å². The minimum Gasteiger partial charge on any atom is -0.390 e. The highest BCUT2D eigenvalue weighted by Crippen LogP contribution is 2.19. The molecule has 0 heterocycles. The van der Waals surface area contributed by atoms with Crippen LogP contribution in [0.25, 0.3) is 0 Å². The molecule has 4 heteroatoms. The first kappa shape index (κ1) is 7.94. The lowest BCUT2D eigenvalue weighted by Gasteiger charge is -2.31. The van der Waals surface area contributed by atoms with Crippen LogP contribution in [0, 0.1) is 0 Å². The summed E-state index contributed by atoms with van der Waals surface area (Å²) in [6, 6.07) is 0. The van der Waals surface area contributed by atoms with Crippen molar-refractivity contribution in [3.63, 3.8) is 0 Å². The predicted molar refractivity (Wildman–Crippen MR) is 33.3 cm³/mol. The summed E-state index contributed by atoms with van der Waals surface area (Å²) in [5, 5.41) is 35.8. The van der Waals surface area contributed by atoms with Crippen LogP contribution in [0.5, 0.6) is 0 Å². The molecule has 0 bridgehead atoms. The van der Waals surface area contributed by atoms with E-state index in [2.05, 4.69) is 0 Å². The lowest BCUT2D eigenvalue weighted by molar-refractivity contribution is -0.135. The smallest absolute Gasteiger partial charge is 0.108 e. The van der Waals surface area contributed by atoms with E-state index in [4.69, 9.17) is 20.4 Å². The molecule has 0 spiro atoms. The lowest BCUT2D eigenvalue weighted by Crippen LogP contribution is -2.48. The van der Waals surface area contributed by atoms with Crippen molar-refractivity contribution in [1.29, 1.82) is 0 Å². The summed E-state index contributed by atoms with van der Waals surface area (Å²) in [5.41, 5.74) is 0. The summed E-state index contributed by atoms with van der Waals surface area (Å²) >= 11 is 0. The molecule has 1 aliphatic rings. The first-order valence-corrected chi connectivity index (χ1v) is 3.35. The third-order valence-electron chi connectivity index (χ3n) is 1.90. The van der Waals surface area contributed by atoms with Gasteiger partial charge in [-0.05, 0) is 12.8 Å². The van der Waals surface area contributed by atoms with E-state index in [1.54, 1.807) is 0 Å². The van der Waals surface area contributed by atoms with E-state index in [-0.39, 0.29) is 0 Å². The molecule has 1 saturated carbocycles. The number of hydrogen-bond donors (Lipinski definition) is 4. The molecule has 0 aromatic heterocycles. The third kappa shape index (κ3) is 1.29. The summed E-state index contributed by atoms with van der Waals surface area (Å²) in [7, 11) is 0. The Hall–Kier alpha value is -0.160. The van der Waals surface area contributed by atoms with Crippen LogP contribution in [0.2, 0.25) is 0 Å². The SMILES string of the molecule is O[C@@H]1[C@@H](O)[C@H](O)CC[C@H]1O. The molecule has 0 aromatic rings. The molecule has 0 amide bonds. The predicted octanol–water partition coefficient (Wildman–Crippen LogP) is -1.78. The van der Waals surface area contributed by atoms with Gasteiger partial charge < -0.3 is 20.4 Å². The summed E-state index contributed by atoms with van der Waals surface area (Å²) in [6.07, 6.45) is -3.47. The van der Waals surface area contributed by atoms with Gasteiger partial charge in [0, 0.05) is 0 Å². The zero-order valence-corrected chi connectivity index (χ0v) is 5.51. The molecular formula is C6H12O4. The Labute approximate surface area is 58.7 Å². The second-order valence-corrected chi connectivity index (χ2v) is 2.69. The van der Waals surface area contributed by atoms with Gasteiger partial charge in [0.1, 0.15) is 12.2 Å². The maximum absolute atomic E-state index is 8.96. The highest BCUT2D eigenvalue weighted by atomic mass is 16.4. The van der Waals surface area contributed by atoms with Crippen LogP contribution >= 0.6 is 0 Å². The standard InChI is InChI=1S/C6H12O4/c7-3-1-2-4(8)6(10)5(3)9/h3-10H,1-2H2/t3-,4-,5+,6+/m1/s1. The van der Waals surface area contributed by atoms with Gasteiger partial charge in [0.15, 0.2) is 0 Å². The minimum absolute atomic E-state index is 0.347. The number of hydrogen-bond acceptors (Lipinski definition) is 4. The summed E-state index contributed by atoms with van der Waals surface area (Å²) in [5.74, 6) is 0. The zero-order valence-electron chi connectivity index (χ0n) is 5.51. The normalized spacial score (nSPS) is 49.2. The highest BCUT2D eigenvalue weighted by molar-refractivity contribution is 4.86. The molecule has 10 heavy (non-hydrogen) atoms. The van der Waals surface area contributed by atoms with Crippen molar-refractivity contribution in [3.05, 3.63) is 0 Å². The Morgan fingerprint density at radius 2 is 1.00 bits per heavy atom. The van der Waals surface area contributed by atoms with Crippen molar-refractivity contribution in [1.82, 2.24) is 0 Å². The van der Waals surface area contributed by atoms with Crippen LogP contribution in [-0.2, 0) is 0 Å². The third-order valence-corrected chi connectivity index (χ3v) is 1.90. The molecule has 0 radical (unpaired) electrons. The largest absolute Gasteiger partial charge is 0.390 e. The molecule has 1 rings (SSSR count). The molecule has 1 fully saturated rings. The molecule has 4 atom stereocenters. The second-order valence-electron chi connectivity index (χ2n) is 2.69. The van der Waals surface area contributed by atoms with Gasteiger partial charge >= 0.3 is 0 Å². The van der Waals surface area contributed by atoms with Gasteiger partial charge in [0.2, 0.25) is 0 Å². The van der Waals surface area contributed by atoms with Crippen molar-refractivity contribution in [2.45, 2.75) is 37.3 Å². The topological polar surface area (TPSA) is 80.9 Å². The Morgan fingerprint density at radius 3 is 1.30 bits per heavy atom. The van der Waals surface area contributed by atoms with Gasteiger partial charge in [-0.2, -0.15) is 0 Å². The minimum atomic E-state index is -1.19. The van der Waals surface area contributed by atoms with Crippen molar-refractivity contribution in [2.24, 2.45) is 0 Å².